The number of hydrogen-bond acceptors (Lipinski definition) is 4. The van der Waals surface area contributed by atoms with E-state index in [1.165, 1.54) is 23.1 Å². The molecule has 144 valence electrons. The molecule has 1 aliphatic heterocycles. The van der Waals surface area contributed by atoms with Crippen LogP contribution in [0.1, 0.15) is 24.2 Å². The molecule has 0 saturated carbocycles. The van der Waals surface area contributed by atoms with Crippen LogP contribution in [0.15, 0.2) is 54.6 Å². The second-order valence-electron chi connectivity index (χ2n) is 6.57. The van der Waals surface area contributed by atoms with Crippen LogP contribution >= 0.6 is 0 Å². The predicted molar refractivity (Wildman–Crippen MR) is 101 cm³/mol. The second-order valence-corrected chi connectivity index (χ2v) is 8.87. The number of carbonyl (C=O) groups excluding carboxylic acids is 1. The van der Waals surface area contributed by atoms with Gasteiger partial charge >= 0.3 is 0 Å². The Hall–Kier alpha value is -2.41. The van der Waals surface area contributed by atoms with E-state index in [0.717, 1.165) is 5.56 Å². The van der Waals surface area contributed by atoms with Crippen LogP contribution in [-0.4, -0.2) is 44.2 Å². The van der Waals surface area contributed by atoms with Gasteiger partial charge in [0.2, 0.25) is 0 Å². The normalized spacial score (nSPS) is 20.5. The topological polar surface area (TPSA) is 63.7 Å². The number of carbonyl (C=O) groups is 1. The van der Waals surface area contributed by atoms with Crippen molar-refractivity contribution in [3.63, 3.8) is 0 Å². The number of ether oxygens (including phenoxy) is 1. The fourth-order valence-corrected chi connectivity index (χ4v) is 5.04. The standard InChI is InChI=1S/C20H22FNO4S/c1-15(26-18-10-6-5-9-17(18)21)20(23)22-12-11-19(27(24,25)14-13-22)16-7-3-2-4-8-16/h2-10,15,19H,11-14H2,1H3. The Labute approximate surface area is 158 Å². The molecule has 0 aliphatic carbocycles. The quantitative estimate of drug-likeness (QED) is 0.804. The molecule has 1 heterocycles. The van der Waals surface area contributed by atoms with Crippen LogP contribution in [0.25, 0.3) is 0 Å². The monoisotopic (exact) mass is 391 g/mol. The molecule has 7 heteroatoms. The third kappa shape index (κ3) is 4.47. The lowest BCUT2D eigenvalue weighted by molar-refractivity contribution is -0.137. The van der Waals surface area contributed by atoms with E-state index in [1.807, 2.05) is 18.2 Å². The zero-order valence-corrected chi connectivity index (χ0v) is 15.9. The third-order valence-electron chi connectivity index (χ3n) is 4.71. The summed E-state index contributed by atoms with van der Waals surface area (Å²) < 4.78 is 44.5. The van der Waals surface area contributed by atoms with E-state index >= 15 is 0 Å². The van der Waals surface area contributed by atoms with Crippen LogP contribution < -0.4 is 4.74 Å². The van der Waals surface area contributed by atoms with Crippen molar-refractivity contribution in [2.75, 3.05) is 18.8 Å². The van der Waals surface area contributed by atoms with Gasteiger partial charge in [0.25, 0.3) is 5.91 Å². The molecule has 0 aromatic heterocycles. The van der Waals surface area contributed by atoms with Gasteiger partial charge in [-0.15, -0.1) is 0 Å². The van der Waals surface area contributed by atoms with Gasteiger partial charge in [-0.2, -0.15) is 0 Å². The highest BCUT2D eigenvalue weighted by Crippen LogP contribution is 2.29. The van der Waals surface area contributed by atoms with Gasteiger partial charge in [0.05, 0.1) is 11.0 Å². The van der Waals surface area contributed by atoms with E-state index in [-0.39, 0.29) is 24.0 Å². The van der Waals surface area contributed by atoms with E-state index in [9.17, 15) is 17.6 Å². The predicted octanol–water partition coefficient (Wildman–Crippen LogP) is 2.98. The number of rotatable bonds is 4. The van der Waals surface area contributed by atoms with Crippen molar-refractivity contribution in [2.45, 2.75) is 24.7 Å². The van der Waals surface area contributed by atoms with Crippen molar-refractivity contribution in [3.8, 4) is 5.75 Å². The number of amides is 1. The van der Waals surface area contributed by atoms with Crippen molar-refractivity contribution in [2.24, 2.45) is 0 Å². The van der Waals surface area contributed by atoms with Crippen molar-refractivity contribution in [1.29, 1.82) is 0 Å². The van der Waals surface area contributed by atoms with Crippen molar-refractivity contribution in [3.05, 3.63) is 66.0 Å². The summed E-state index contributed by atoms with van der Waals surface area (Å²) in [5, 5.41) is -0.626. The largest absolute Gasteiger partial charge is 0.478 e. The molecule has 1 aliphatic rings. The first kappa shape index (κ1) is 19.4. The van der Waals surface area contributed by atoms with Gasteiger partial charge in [0.15, 0.2) is 27.5 Å². The van der Waals surface area contributed by atoms with Crippen LogP contribution in [0.5, 0.6) is 5.75 Å². The van der Waals surface area contributed by atoms with Crippen LogP contribution in [-0.2, 0) is 14.6 Å². The maximum Gasteiger partial charge on any atom is 0.263 e. The summed E-state index contributed by atoms with van der Waals surface area (Å²) in [6.45, 7) is 1.96. The third-order valence-corrected chi connectivity index (χ3v) is 6.84. The molecule has 27 heavy (non-hydrogen) atoms. The summed E-state index contributed by atoms with van der Waals surface area (Å²) in [5.41, 5.74) is 0.738. The Morgan fingerprint density at radius 1 is 1.11 bits per heavy atom. The number of halogens is 1. The van der Waals surface area contributed by atoms with Gasteiger partial charge in [-0.05, 0) is 31.0 Å². The van der Waals surface area contributed by atoms with E-state index in [1.54, 1.807) is 25.1 Å². The maximum atomic E-state index is 13.7. The van der Waals surface area contributed by atoms with Crippen molar-refractivity contribution < 1.29 is 22.3 Å². The van der Waals surface area contributed by atoms with Gasteiger partial charge in [0.1, 0.15) is 0 Å². The highest BCUT2D eigenvalue weighted by molar-refractivity contribution is 7.91. The molecule has 2 unspecified atom stereocenters. The molecule has 2 aromatic rings. The first-order chi connectivity index (χ1) is 12.9. The molecule has 5 nitrogen and oxygen atoms in total. The van der Waals surface area contributed by atoms with Gasteiger partial charge in [-0.3, -0.25) is 4.79 Å². The van der Waals surface area contributed by atoms with Gasteiger partial charge in [-0.25, -0.2) is 12.8 Å². The Bertz CT molecular complexity index is 901. The van der Waals surface area contributed by atoms with Crippen LogP contribution in [0.4, 0.5) is 4.39 Å². The van der Waals surface area contributed by atoms with E-state index in [4.69, 9.17) is 4.74 Å². The highest BCUT2D eigenvalue weighted by Gasteiger charge is 2.34. The maximum absolute atomic E-state index is 13.7. The zero-order chi connectivity index (χ0) is 19.4. The van der Waals surface area contributed by atoms with Crippen LogP contribution in [0.2, 0.25) is 0 Å². The first-order valence-corrected chi connectivity index (χ1v) is 10.6. The molecule has 0 spiro atoms. The lowest BCUT2D eigenvalue weighted by atomic mass is 10.1. The number of nitrogens with zero attached hydrogens (tertiary/aromatic N) is 1. The minimum Gasteiger partial charge on any atom is -0.478 e. The lowest BCUT2D eigenvalue weighted by Gasteiger charge is -2.24. The van der Waals surface area contributed by atoms with Gasteiger partial charge in [0, 0.05) is 13.1 Å². The molecule has 2 atom stereocenters. The number of benzene rings is 2. The first-order valence-electron chi connectivity index (χ1n) is 8.85. The summed E-state index contributed by atoms with van der Waals surface area (Å²) in [5.74, 6) is -0.991. The molecule has 1 saturated heterocycles. The van der Waals surface area contributed by atoms with Gasteiger partial charge in [-0.1, -0.05) is 42.5 Å². The average Bonchev–Trinajstić information content (AvgIpc) is 2.81. The Morgan fingerprint density at radius 3 is 2.48 bits per heavy atom. The number of sulfone groups is 1. The van der Waals surface area contributed by atoms with Crippen molar-refractivity contribution >= 4 is 15.7 Å². The summed E-state index contributed by atoms with van der Waals surface area (Å²) in [7, 11) is -3.37. The Balaban J connectivity index is 1.71. The zero-order valence-electron chi connectivity index (χ0n) is 15.0. The van der Waals surface area contributed by atoms with Crippen LogP contribution in [0, 0.1) is 5.82 Å². The molecule has 1 fully saturated rings. The average molecular weight is 391 g/mol. The molecule has 0 bridgehead atoms. The minimum absolute atomic E-state index is 0.00274. The number of hydrogen-bond donors (Lipinski definition) is 0. The smallest absolute Gasteiger partial charge is 0.263 e. The molecule has 2 aromatic carbocycles. The SMILES string of the molecule is CC(Oc1ccccc1F)C(=O)N1CCC(c2ccccc2)S(=O)(=O)CC1. The highest BCUT2D eigenvalue weighted by atomic mass is 32.2. The summed E-state index contributed by atoms with van der Waals surface area (Å²) >= 11 is 0. The minimum atomic E-state index is -3.37. The summed E-state index contributed by atoms with van der Waals surface area (Å²) in [6.07, 6.45) is -0.581. The summed E-state index contributed by atoms with van der Waals surface area (Å²) in [4.78, 5) is 14.2. The number of para-hydroxylation sites is 1. The van der Waals surface area contributed by atoms with Crippen LogP contribution in [0.3, 0.4) is 0 Å². The Kier molecular flexibility index (Phi) is 5.79. The summed E-state index contributed by atoms with van der Waals surface area (Å²) in [6, 6.07) is 14.9. The molecule has 0 radical (unpaired) electrons. The molecular formula is C20H22FNO4S. The molecule has 1 amide bonds. The van der Waals surface area contributed by atoms with E-state index in [2.05, 4.69) is 0 Å². The van der Waals surface area contributed by atoms with E-state index < -0.39 is 27.0 Å². The second kappa shape index (κ2) is 8.08. The molecule has 3 rings (SSSR count). The lowest BCUT2D eigenvalue weighted by Crippen LogP contribution is -2.42. The molecular weight excluding hydrogens is 369 g/mol. The molecule has 0 N–H and O–H groups in total. The van der Waals surface area contributed by atoms with Gasteiger partial charge < -0.3 is 9.64 Å². The fourth-order valence-electron chi connectivity index (χ4n) is 3.24. The van der Waals surface area contributed by atoms with E-state index in [0.29, 0.717) is 13.0 Å². The Morgan fingerprint density at radius 2 is 1.78 bits per heavy atom. The van der Waals surface area contributed by atoms with Crippen molar-refractivity contribution in [1.82, 2.24) is 4.90 Å². The fraction of sp³-hybridized carbons (Fsp3) is 0.350.